The maximum Gasteiger partial charge on any atom is 0.267 e. The quantitative estimate of drug-likeness (QED) is 0.264. The lowest BCUT2D eigenvalue weighted by atomic mass is 9.70. The van der Waals surface area contributed by atoms with Gasteiger partial charge in [0.05, 0.1) is 11.0 Å². The molecule has 0 spiro atoms. The molecule has 4 aliphatic rings. The lowest BCUT2D eigenvalue weighted by Gasteiger charge is -2.46. The van der Waals surface area contributed by atoms with Gasteiger partial charge in [-0.1, -0.05) is 54.6 Å². The van der Waals surface area contributed by atoms with Crippen molar-refractivity contribution >= 4 is 16.9 Å². The molecule has 8 rings (SSSR count). The van der Waals surface area contributed by atoms with E-state index >= 15 is 0 Å². The highest BCUT2D eigenvalue weighted by Gasteiger charge is 2.45. The highest BCUT2D eigenvalue weighted by molar-refractivity contribution is 5.82. The molecule has 4 aromatic rings. The van der Waals surface area contributed by atoms with E-state index in [1.807, 2.05) is 29.2 Å². The Morgan fingerprint density at radius 1 is 0.864 bits per heavy atom. The highest BCUT2D eigenvalue weighted by Crippen LogP contribution is 2.45. The van der Waals surface area contributed by atoms with Gasteiger partial charge in [-0.15, -0.1) is 0 Å². The van der Waals surface area contributed by atoms with E-state index in [-0.39, 0.29) is 17.9 Å². The Morgan fingerprint density at radius 2 is 1.55 bits per heavy atom. The SMILES string of the molecule is Cc1nc2ccccc2n1[C@H]1C[C@H]2CC[C@@H](C1)N2CCC1(c2ccccc2)CCN(C(=O)C2COc3ccccc3O2)CC1. The van der Waals surface area contributed by atoms with Crippen molar-refractivity contribution in [1.29, 1.82) is 0 Å². The summed E-state index contributed by atoms with van der Waals surface area (Å²) in [4.78, 5) is 23.3. The van der Waals surface area contributed by atoms with Crippen molar-refractivity contribution in [2.24, 2.45) is 0 Å². The maximum atomic E-state index is 13.6. The van der Waals surface area contributed by atoms with Crippen molar-refractivity contribution in [1.82, 2.24) is 19.4 Å². The van der Waals surface area contributed by atoms with Crippen molar-refractivity contribution in [3.8, 4) is 11.5 Å². The summed E-state index contributed by atoms with van der Waals surface area (Å²) in [6, 6.07) is 29.0. The number of carbonyl (C=O) groups excluding carboxylic acids is 1. The molecule has 2 bridgehead atoms. The number of rotatable bonds is 6. The Bertz CT molecular complexity index is 1630. The molecule has 0 aliphatic carbocycles. The van der Waals surface area contributed by atoms with E-state index in [2.05, 4.69) is 71.0 Å². The molecule has 7 nitrogen and oxygen atoms in total. The standard InChI is InChI=1S/C37H42N4O3/c1-26-38-31-11-5-6-12-32(31)41(26)30-23-28-15-16-29(24-30)40(28)22-19-37(27-9-3-2-4-10-27)17-20-39(21-18-37)36(42)35-25-43-33-13-7-8-14-34(33)44-35/h2-14,28-30,35H,15-25H2,1H3/t28-,29+,30+,35?. The van der Waals surface area contributed by atoms with Gasteiger partial charge >= 0.3 is 0 Å². The van der Waals surface area contributed by atoms with Crippen LogP contribution in [0.15, 0.2) is 78.9 Å². The molecule has 3 aromatic carbocycles. The van der Waals surface area contributed by atoms with Gasteiger partial charge in [-0.05, 0) is 93.7 Å². The van der Waals surface area contributed by atoms with E-state index < -0.39 is 6.10 Å². The molecule has 4 aliphatic heterocycles. The van der Waals surface area contributed by atoms with E-state index in [1.165, 1.54) is 36.8 Å². The van der Waals surface area contributed by atoms with Crippen LogP contribution in [0.5, 0.6) is 11.5 Å². The molecule has 3 saturated heterocycles. The molecule has 0 N–H and O–H groups in total. The molecule has 228 valence electrons. The Kier molecular flexibility index (Phi) is 7.09. The largest absolute Gasteiger partial charge is 0.485 e. The number of aryl methyl sites for hydroxylation is 1. The normalized spacial score (nSPS) is 26.2. The number of piperidine rings is 2. The molecular weight excluding hydrogens is 548 g/mol. The van der Waals surface area contributed by atoms with Crippen LogP contribution < -0.4 is 9.47 Å². The van der Waals surface area contributed by atoms with E-state index in [0.717, 1.165) is 50.2 Å². The van der Waals surface area contributed by atoms with Crippen molar-refractivity contribution in [3.05, 3.63) is 90.3 Å². The Hall–Kier alpha value is -3.84. The molecule has 1 amide bonds. The fourth-order valence-corrected chi connectivity index (χ4v) is 8.77. The molecule has 1 unspecified atom stereocenters. The fraction of sp³-hybridized carbons (Fsp3) is 0.459. The predicted molar refractivity (Wildman–Crippen MR) is 171 cm³/mol. The van der Waals surface area contributed by atoms with Gasteiger partial charge in [-0.25, -0.2) is 4.98 Å². The lowest BCUT2D eigenvalue weighted by Crippen LogP contribution is -2.52. The number of benzene rings is 3. The number of para-hydroxylation sites is 4. The zero-order chi connectivity index (χ0) is 29.7. The molecule has 5 heterocycles. The summed E-state index contributed by atoms with van der Waals surface area (Å²) < 4.78 is 14.5. The molecular formula is C37H42N4O3. The average molecular weight is 591 g/mol. The summed E-state index contributed by atoms with van der Waals surface area (Å²) in [5.41, 5.74) is 3.88. The number of nitrogens with zero attached hydrogens (tertiary/aromatic N) is 4. The van der Waals surface area contributed by atoms with Gasteiger partial charge in [0, 0.05) is 31.2 Å². The first-order valence-electron chi connectivity index (χ1n) is 16.5. The minimum Gasteiger partial charge on any atom is -0.485 e. The first-order valence-corrected chi connectivity index (χ1v) is 16.5. The number of aromatic nitrogens is 2. The van der Waals surface area contributed by atoms with Crippen LogP contribution >= 0.6 is 0 Å². The van der Waals surface area contributed by atoms with Crippen LogP contribution in [-0.4, -0.2) is 69.7 Å². The summed E-state index contributed by atoms with van der Waals surface area (Å²) in [7, 11) is 0. The van der Waals surface area contributed by atoms with Gasteiger partial charge in [0.2, 0.25) is 6.10 Å². The number of carbonyl (C=O) groups is 1. The third kappa shape index (κ3) is 4.86. The van der Waals surface area contributed by atoms with Gasteiger partial charge in [0.1, 0.15) is 12.4 Å². The monoisotopic (exact) mass is 590 g/mol. The second-order valence-corrected chi connectivity index (χ2v) is 13.4. The number of imidazole rings is 1. The highest BCUT2D eigenvalue weighted by atomic mass is 16.6. The van der Waals surface area contributed by atoms with E-state index in [9.17, 15) is 4.79 Å². The van der Waals surface area contributed by atoms with Crippen molar-refractivity contribution in [2.45, 2.75) is 81.5 Å². The zero-order valence-corrected chi connectivity index (χ0v) is 25.6. The molecule has 0 saturated carbocycles. The molecule has 0 radical (unpaired) electrons. The minimum atomic E-state index is -0.581. The number of likely N-dealkylation sites (tertiary alicyclic amines) is 1. The molecule has 7 heteroatoms. The number of fused-ring (bicyclic) bond motifs is 4. The van der Waals surface area contributed by atoms with Crippen molar-refractivity contribution in [2.75, 3.05) is 26.2 Å². The first-order chi connectivity index (χ1) is 21.6. The Labute approximate surface area is 259 Å². The third-order valence-electron chi connectivity index (χ3n) is 11.0. The van der Waals surface area contributed by atoms with E-state index in [4.69, 9.17) is 14.5 Å². The number of amides is 1. The molecule has 3 fully saturated rings. The second kappa shape index (κ2) is 11.3. The fourth-order valence-electron chi connectivity index (χ4n) is 8.77. The summed E-state index contributed by atoms with van der Waals surface area (Å²) >= 11 is 0. The minimum absolute atomic E-state index is 0.0450. The van der Waals surface area contributed by atoms with Gasteiger partial charge in [-0.3, -0.25) is 9.69 Å². The average Bonchev–Trinajstić information content (AvgIpc) is 3.54. The maximum absolute atomic E-state index is 13.6. The summed E-state index contributed by atoms with van der Waals surface area (Å²) in [5, 5.41) is 0. The summed E-state index contributed by atoms with van der Waals surface area (Å²) in [6.45, 7) is 5.05. The van der Waals surface area contributed by atoms with Gasteiger partial charge in [0.25, 0.3) is 5.91 Å². The van der Waals surface area contributed by atoms with Crippen LogP contribution in [0.4, 0.5) is 0 Å². The predicted octanol–water partition coefficient (Wildman–Crippen LogP) is 6.30. The Morgan fingerprint density at radius 3 is 2.32 bits per heavy atom. The van der Waals surface area contributed by atoms with E-state index in [0.29, 0.717) is 29.6 Å². The number of hydrogen-bond acceptors (Lipinski definition) is 5. The van der Waals surface area contributed by atoms with Crippen LogP contribution in [-0.2, 0) is 10.2 Å². The van der Waals surface area contributed by atoms with E-state index in [1.54, 1.807) is 0 Å². The second-order valence-electron chi connectivity index (χ2n) is 13.4. The number of hydrogen-bond donors (Lipinski definition) is 0. The smallest absolute Gasteiger partial charge is 0.267 e. The van der Waals surface area contributed by atoms with Crippen LogP contribution in [0.3, 0.4) is 0 Å². The number of ether oxygens (including phenoxy) is 2. The lowest BCUT2D eigenvalue weighted by molar-refractivity contribution is -0.143. The van der Waals surface area contributed by atoms with Crippen LogP contribution in [0.2, 0.25) is 0 Å². The molecule has 1 aromatic heterocycles. The summed E-state index contributed by atoms with van der Waals surface area (Å²) in [6.07, 6.45) is 7.47. The Balaban J connectivity index is 0.954. The first kappa shape index (κ1) is 27.7. The summed E-state index contributed by atoms with van der Waals surface area (Å²) in [5.74, 6) is 2.55. The molecule has 44 heavy (non-hydrogen) atoms. The van der Waals surface area contributed by atoms with Crippen molar-refractivity contribution in [3.63, 3.8) is 0 Å². The van der Waals surface area contributed by atoms with Gasteiger partial charge < -0.3 is 18.9 Å². The van der Waals surface area contributed by atoms with Gasteiger partial charge in [-0.2, -0.15) is 0 Å². The van der Waals surface area contributed by atoms with Crippen LogP contribution in [0.1, 0.15) is 62.4 Å². The van der Waals surface area contributed by atoms with Crippen LogP contribution in [0, 0.1) is 6.92 Å². The van der Waals surface area contributed by atoms with Crippen LogP contribution in [0.25, 0.3) is 11.0 Å². The molecule has 4 atom stereocenters. The zero-order valence-electron chi connectivity index (χ0n) is 25.6. The topological polar surface area (TPSA) is 59.8 Å². The third-order valence-corrected chi connectivity index (χ3v) is 11.0. The van der Waals surface area contributed by atoms with Gasteiger partial charge in [0.15, 0.2) is 11.5 Å². The van der Waals surface area contributed by atoms with Crippen molar-refractivity contribution < 1.29 is 14.3 Å².